The number of aldehydes is 1. The number of para-hydroxylation sites is 2. The third-order valence-corrected chi connectivity index (χ3v) is 2.11. The molecule has 0 bridgehead atoms. The van der Waals surface area contributed by atoms with Crippen molar-refractivity contribution >= 4 is 12.2 Å². The zero-order valence-electron chi connectivity index (χ0n) is 9.59. The molecule has 5 nitrogen and oxygen atoms in total. The molecular formula is C12H15NO4. The van der Waals surface area contributed by atoms with Gasteiger partial charge >= 0.3 is 0 Å². The molecule has 0 aliphatic carbocycles. The predicted molar refractivity (Wildman–Crippen MR) is 61.9 cm³/mol. The second-order valence-corrected chi connectivity index (χ2v) is 3.34. The largest absolute Gasteiger partial charge is 0.482 e. The van der Waals surface area contributed by atoms with Crippen LogP contribution in [0.25, 0.3) is 0 Å². The van der Waals surface area contributed by atoms with Gasteiger partial charge in [-0.15, -0.1) is 0 Å². The van der Waals surface area contributed by atoms with Crippen molar-refractivity contribution < 1.29 is 19.1 Å². The summed E-state index contributed by atoms with van der Waals surface area (Å²) in [5.41, 5.74) is 5.18. The molecule has 0 saturated carbocycles. The van der Waals surface area contributed by atoms with Gasteiger partial charge in [0.25, 0.3) is 5.91 Å². The molecule has 1 atom stereocenters. The Labute approximate surface area is 99.5 Å². The molecule has 0 radical (unpaired) electrons. The molecule has 1 rings (SSSR count). The van der Waals surface area contributed by atoms with Gasteiger partial charge in [0.05, 0.1) is 0 Å². The molecule has 1 aromatic carbocycles. The molecule has 0 aliphatic heterocycles. The summed E-state index contributed by atoms with van der Waals surface area (Å²) < 4.78 is 10.6. The highest BCUT2D eigenvalue weighted by molar-refractivity contribution is 5.79. The molecule has 0 spiro atoms. The summed E-state index contributed by atoms with van der Waals surface area (Å²) in [5, 5.41) is 0. The number of hydrogen-bond acceptors (Lipinski definition) is 4. The number of hydrogen-bond donors (Lipinski definition) is 1. The first-order valence-corrected chi connectivity index (χ1v) is 5.30. The van der Waals surface area contributed by atoms with Gasteiger partial charge in [-0.1, -0.05) is 19.1 Å². The standard InChI is InChI=1S/C12H15NO4/c1-2-9(12(13)15)17-11-6-4-3-5-10(11)16-8-7-14/h3-7,9H,2,8H2,1H3,(H2,13,15). The lowest BCUT2D eigenvalue weighted by atomic mass is 10.2. The minimum Gasteiger partial charge on any atom is -0.482 e. The highest BCUT2D eigenvalue weighted by Gasteiger charge is 2.16. The summed E-state index contributed by atoms with van der Waals surface area (Å²) in [5.74, 6) is 0.289. The maximum absolute atomic E-state index is 11.1. The van der Waals surface area contributed by atoms with Crippen molar-refractivity contribution in [1.82, 2.24) is 0 Å². The van der Waals surface area contributed by atoms with Crippen LogP contribution in [0.4, 0.5) is 0 Å². The minimum atomic E-state index is -0.698. The predicted octanol–water partition coefficient (Wildman–Crippen LogP) is 0.907. The fraction of sp³-hybridized carbons (Fsp3) is 0.333. The van der Waals surface area contributed by atoms with Crippen LogP contribution in [-0.4, -0.2) is 24.9 Å². The van der Waals surface area contributed by atoms with Gasteiger partial charge in [0.2, 0.25) is 0 Å². The second kappa shape index (κ2) is 6.52. The molecule has 0 saturated heterocycles. The fourth-order valence-electron chi connectivity index (χ4n) is 1.29. The molecular weight excluding hydrogens is 222 g/mol. The molecule has 17 heavy (non-hydrogen) atoms. The smallest absolute Gasteiger partial charge is 0.258 e. The summed E-state index contributed by atoms with van der Waals surface area (Å²) in [6.07, 6.45) is 0.412. The Morgan fingerprint density at radius 3 is 2.59 bits per heavy atom. The normalized spacial score (nSPS) is 11.6. The summed E-state index contributed by atoms with van der Waals surface area (Å²) in [4.78, 5) is 21.3. The Morgan fingerprint density at radius 2 is 2.06 bits per heavy atom. The van der Waals surface area contributed by atoms with Gasteiger partial charge in [-0.3, -0.25) is 9.59 Å². The van der Waals surface area contributed by atoms with Crippen molar-refractivity contribution in [2.45, 2.75) is 19.4 Å². The van der Waals surface area contributed by atoms with E-state index in [4.69, 9.17) is 15.2 Å². The van der Waals surface area contributed by atoms with Crippen molar-refractivity contribution in [3.8, 4) is 11.5 Å². The number of nitrogens with two attached hydrogens (primary N) is 1. The lowest BCUT2D eigenvalue weighted by molar-refractivity contribution is -0.124. The van der Waals surface area contributed by atoms with E-state index < -0.39 is 12.0 Å². The molecule has 1 amide bonds. The maximum Gasteiger partial charge on any atom is 0.258 e. The van der Waals surface area contributed by atoms with E-state index in [9.17, 15) is 9.59 Å². The topological polar surface area (TPSA) is 78.6 Å². The van der Waals surface area contributed by atoms with Crippen LogP contribution < -0.4 is 15.2 Å². The van der Waals surface area contributed by atoms with Crippen LogP contribution in [0.5, 0.6) is 11.5 Å². The Balaban J connectivity index is 2.81. The van der Waals surface area contributed by atoms with E-state index in [0.717, 1.165) is 0 Å². The van der Waals surface area contributed by atoms with Gasteiger partial charge in [0.1, 0.15) is 6.61 Å². The van der Waals surface area contributed by atoms with E-state index in [0.29, 0.717) is 24.2 Å². The van der Waals surface area contributed by atoms with E-state index >= 15 is 0 Å². The molecule has 92 valence electrons. The number of amides is 1. The number of rotatable bonds is 7. The van der Waals surface area contributed by atoms with E-state index in [1.807, 2.05) is 0 Å². The molecule has 0 heterocycles. The van der Waals surface area contributed by atoms with Crippen molar-refractivity contribution in [3.63, 3.8) is 0 Å². The first-order chi connectivity index (χ1) is 8.19. The molecule has 0 aromatic heterocycles. The number of primary amides is 1. The zero-order valence-corrected chi connectivity index (χ0v) is 9.59. The van der Waals surface area contributed by atoms with Crippen molar-refractivity contribution in [2.24, 2.45) is 5.73 Å². The van der Waals surface area contributed by atoms with E-state index in [1.54, 1.807) is 31.2 Å². The van der Waals surface area contributed by atoms with Crippen LogP contribution >= 0.6 is 0 Å². The zero-order chi connectivity index (χ0) is 12.7. The van der Waals surface area contributed by atoms with Gasteiger partial charge in [0, 0.05) is 0 Å². The molecule has 1 aromatic rings. The average molecular weight is 237 g/mol. The summed E-state index contributed by atoms with van der Waals surface area (Å²) in [7, 11) is 0. The molecule has 2 N–H and O–H groups in total. The molecule has 1 unspecified atom stereocenters. The minimum absolute atomic E-state index is 0.0618. The Hall–Kier alpha value is -2.04. The quantitative estimate of drug-likeness (QED) is 0.715. The lowest BCUT2D eigenvalue weighted by Gasteiger charge is -2.16. The van der Waals surface area contributed by atoms with Gasteiger partial charge in [0.15, 0.2) is 23.9 Å². The Kier molecular flexibility index (Phi) is 5.00. The number of ether oxygens (including phenoxy) is 2. The van der Waals surface area contributed by atoms with Crippen LogP contribution in [0.3, 0.4) is 0 Å². The molecule has 5 heteroatoms. The van der Waals surface area contributed by atoms with Crippen LogP contribution in [-0.2, 0) is 9.59 Å². The van der Waals surface area contributed by atoms with E-state index in [2.05, 4.69) is 0 Å². The third-order valence-electron chi connectivity index (χ3n) is 2.11. The van der Waals surface area contributed by atoms with E-state index in [-0.39, 0.29) is 6.61 Å². The van der Waals surface area contributed by atoms with Crippen molar-refractivity contribution in [2.75, 3.05) is 6.61 Å². The number of carbonyl (C=O) groups is 2. The Bertz CT molecular complexity index is 392. The summed E-state index contributed by atoms with van der Waals surface area (Å²) in [6.45, 7) is 1.73. The van der Waals surface area contributed by atoms with Crippen molar-refractivity contribution in [1.29, 1.82) is 0 Å². The SMILES string of the molecule is CCC(Oc1ccccc1OCC=O)C(N)=O. The second-order valence-electron chi connectivity index (χ2n) is 3.34. The van der Waals surface area contributed by atoms with Crippen LogP contribution in [0.15, 0.2) is 24.3 Å². The summed E-state index contributed by atoms with van der Waals surface area (Å²) in [6, 6.07) is 6.81. The number of benzene rings is 1. The van der Waals surface area contributed by atoms with Gasteiger partial charge in [-0.25, -0.2) is 0 Å². The van der Waals surface area contributed by atoms with Crippen LogP contribution in [0.2, 0.25) is 0 Å². The maximum atomic E-state index is 11.1. The van der Waals surface area contributed by atoms with Gasteiger partial charge in [-0.2, -0.15) is 0 Å². The molecule has 0 aliphatic rings. The van der Waals surface area contributed by atoms with Crippen LogP contribution in [0, 0.1) is 0 Å². The lowest BCUT2D eigenvalue weighted by Crippen LogP contribution is -2.33. The highest BCUT2D eigenvalue weighted by Crippen LogP contribution is 2.27. The number of carbonyl (C=O) groups excluding carboxylic acids is 2. The van der Waals surface area contributed by atoms with E-state index in [1.165, 1.54) is 0 Å². The van der Waals surface area contributed by atoms with Crippen molar-refractivity contribution in [3.05, 3.63) is 24.3 Å². The molecule has 0 fully saturated rings. The third kappa shape index (κ3) is 3.79. The first kappa shape index (κ1) is 13.0. The average Bonchev–Trinajstić information content (AvgIpc) is 2.34. The monoisotopic (exact) mass is 237 g/mol. The fourth-order valence-corrected chi connectivity index (χ4v) is 1.29. The van der Waals surface area contributed by atoms with Gasteiger partial charge in [-0.05, 0) is 18.6 Å². The van der Waals surface area contributed by atoms with Gasteiger partial charge < -0.3 is 15.2 Å². The van der Waals surface area contributed by atoms with Crippen LogP contribution in [0.1, 0.15) is 13.3 Å². The summed E-state index contributed by atoms with van der Waals surface area (Å²) >= 11 is 0. The first-order valence-electron chi connectivity index (χ1n) is 5.30. The Morgan fingerprint density at radius 1 is 1.41 bits per heavy atom. The highest BCUT2D eigenvalue weighted by atomic mass is 16.5.